The number of phenolic OH excluding ortho intramolecular Hbond substituents is 1. The molecule has 0 aliphatic rings. The Kier molecular flexibility index (Phi) is 18.4. The summed E-state index contributed by atoms with van der Waals surface area (Å²) in [6, 6.07) is 15.1. The largest absolute Gasteiger partial charge is 0.508 e. The Morgan fingerprint density at radius 2 is 0.880 bits per heavy atom. The summed E-state index contributed by atoms with van der Waals surface area (Å²) in [4.78, 5) is 5.72. The maximum Gasteiger partial charge on any atom is 0.269 e. The second-order valence-corrected chi connectivity index (χ2v) is 19.7. The van der Waals surface area contributed by atoms with Gasteiger partial charge in [-0.1, -0.05) is 0 Å². The van der Waals surface area contributed by atoms with Crippen LogP contribution in [0, 0.1) is 52.4 Å². The average molecular weight is 1130 g/mol. The molecule has 1 N–H and O–H groups in total. The monoisotopic (exact) mass is 1130 g/mol. The van der Waals surface area contributed by atoms with E-state index >= 15 is 4.39 Å². The molecule has 75 heavy (non-hydrogen) atoms. The zero-order valence-electron chi connectivity index (χ0n) is 38.6. The summed E-state index contributed by atoms with van der Waals surface area (Å²) in [5.41, 5.74) is 0.770. The Labute approximate surface area is 428 Å². The van der Waals surface area contributed by atoms with Crippen LogP contribution in [0.2, 0.25) is 0 Å². The average Bonchev–Trinajstić information content (AvgIpc) is 4.10. The summed E-state index contributed by atoms with van der Waals surface area (Å²) in [6.07, 6.45) is 2.23. The van der Waals surface area contributed by atoms with Crippen LogP contribution in [0.4, 0.5) is 49.8 Å². The van der Waals surface area contributed by atoms with Crippen molar-refractivity contribution in [2.24, 2.45) is 0 Å². The fourth-order valence-electron chi connectivity index (χ4n) is 6.32. The first-order valence-electron chi connectivity index (χ1n) is 20.5. The van der Waals surface area contributed by atoms with Crippen LogP contribution in [0.1, 0.15) is 11.1 Å². The van der Waals surface area contributed by atoms with E-state index in [0.717, 1.165) is 68.6 Å². The van der Waals surface area contributed by atoms with Gasteiger partial charge in [-0.05, 0) is 24.3 Å². The standard InChI is InChI=1S/C23H17F4N3O5S2.C17H14F3N3O4S2.C6H4F2O/c1-33-16-4-3-13(20(8-16)34-2)11-30(23-28-12-29-36-23)37(31,32)22-10-18(26)21(9-19(22)27)35-17-6-14(24)5-15(25)7-17;1-26-11-4-3-10(15(5-11)27-2)8-23(17-21-9-22-28-17)29(24,25)16-7-13(19)12(18)6-14(16)20;7-4-1-5(8)3-6(9)2-4/h3-10,12H,11H2,1-2H3;3-7,9H,8H2,1-2H3;1-3,9H. The molecular formula is C46H35F9N6O10S4. The van der Waals surface area contributed by atoms with Crippen LogP contribution in [-0.2, 0) is 33.1 Å². The number of aromatic hydroxyl groups is 1. The number of ether oxygens (including phenoxy) is 5. The maximum atomic E-state index is 15.1. The fourth-order valence-corrected chi connectivity index (χ4v) is 10.7. The number of benzene rings is 6. The second kappa shape index (κ2) is 24.4. The predicted octanol–water partition coefficient (Wildman–Crippen LogP) is 10.3. The van der Waals surface area contributed by atoms with Gasteiger partial charge in [0.1, 0.15) is 91.8 Å². The van der Waals surface area contributed by atoms with Gasteiger partial charge in [0.05, 0.1) is 41.5 Å². The smallest absolute Gasteiger partial charge is 0.269 e. The number of sulfonamides is 2. The van der Waals surface area contributed by atoms with Crippen molar-refractivity contribution in [1.82, 2.24) is 18.7 Å². The number of halogens is 9. The van der Waals surface area contributed by atoms with E-state index in [1.54, 1.807) is 30.3 Å². The summed E-state index contributed by atoms with van der Waals surface area (Å²) in [6.45, 7) is -0.699. The van der Waals surface area contributed by atoms with E-state index in [-0.39, 0.29) is 35.2 Å². The molecule has 16 nitrogen and oxygen atoms in total. The van der Waals surface area contributed by atoms with Gasteiger partial charge in [0.15, 0.2) is 23.2 Å². The predicted molar refractivity (Wildman–Crippen MR) is 253 cm³/mol. The van der Waals surface area contributed by atoms with Crippen LogP contribution in [0.3, 0.4) is 0 Å². The van der Waals surface area contributed by atoms with Gasteiger partial charge in [0.2, 0.25) is 10.3 Å². The summed E-state index contributed by atoms with van der Waals surface area (Å²) >= 11 is 1.45. The lowest BCUT2D eigenvalue weighted by molar-refractivity contribution is 0.391. The minimum Gasteiger partial charge on any atom is -0.508 e. The van der Waals surface area contributed by atoms with Gasteiger partial charge in [-0.15, -0.1) is 0 Å². The molecule has 0 unspecified atom stereocenters. The van der Waals surface area contributed by atoms with Crippen molar-refractivity contribution in [3.8, 4) is 40.2 Å². The highest BCUT2D eigenvalue weighted by molar-refractivity contribution is 7.93. The molecule has 0 amide bonds. The third kappa shape index (κ3) is 13.8. The summed E-state index contributed by atoms with van der Waals surface area (Å²) in [5, 5.41) is 8.31. The molecule has 0 saturated heterocycles. The Hall–Kier alpha value is -7.89. The highest BCUT2D eigenvalue weighted by Gasteiger charge is 2.34. The van der Waals surface area contributed by atoms with E-state index in [9.17, 15) is 52.0 Å². The minimum atomic E-state index is -4.76. The third-order valence-electron chi connectivity index (χ3n) is 9.75. The van der Waals surface area contributed by atoms with Crippen molar-refractivity contribution in [2.45, 2.75) is 22.9 Å². The first-order chi connectivity index (χ1) is 35.6. The molecule has 396 valence electrons. The number of phenols is 1. The SMILES string of the molecule is COc1ccc(CN(c2ncns2)S(=O)(=O)c2cc(F)c(F)cc2F)c(OC)c1.COc1ccc(CN(c2ncns2)S(=O)(=O)c2cc(F)c(Oc3cc(F)cc(F)c3)cc2F)c(OC)c1.Oc1cc(F)cc(F)c1. The van der Waals surface area contributed by atoms with Gasteiger partial charge in [-0.3, -0.25) is 0 Å². The van der Waals surface area contributed by atoms with E-state index in [4.69, 9.17) is 28.8 Å². The van der Waals surface area contributed by atoms with Crippen LogP contribution in [0.5, 0.6) is 40.2 Å². The van der Waals surface area contributed by atoms with Crippen molar-refractivity contribution < 1.29 is 85.1 Å². The molecule has 0 radical (unpaired) electrons. The summed E-state index contributed by atoms with van der Waals surface area (Å²) < 4.78 is 210. The molecule has 0 aliphatic carbocycles. The topological polar surface area (TPSA) is 193 Å². The first kappa shape index (κ1) is 56.4. The van der Waals surface area contributed by atoms with Crippen molar-refractivity contribution in [3.05, 3.63) is 173 Å². The van der Waals surface area contributed by atoms with Crippen molar-refractivity contribution in [1.29, 1.82) is 0 Å². The number of hydrogen-bond donors (Lipinski definition) is 1. The van der Waals surface area contributed by atoms with E-state index in [1.165, 1.54) is 34.5 Å². The van der Waals surface area contributed by atoms with Crippen molar-refractivity contribution in [2.75, 3.05) is 37.0 Å². The Bertz CT molecular complexity index is 3450. The molecule has 2 aromatic heterocycles. The number of nitrogens with zero attached hydrogens (tertiary/aromatic N) is 6. The molecule has 0 atom stereocenters. The van der Waals surface area contributed by atoms with Gasteiger partial charge in [-0.25, -0.2) is 74.9 Å². The third-order valence-corrected chi connectivity index (χ3v) is 14.9. The normalized spacial score (nSPS) is 11.1. The molecule has 0 fully saturated rings. The molecular weight excluding hydrogens is 1100 g/mol. The first-order valence-corrected chi connectivity index (χ1v) is 24.9. The van der Waals surface area contributed by atoms with E-state index < -0.39 is 99.4 Å². The second-order valence-electron chi connectivity index (χ2n) is 14.6. The van der Waals surface area contributed by atoms with Gasteiger partial charge >= 0.3 is 0 Å². The molecule has 6 aromatic carbocycles. The fraction of sp³-hybridized carbons (Fsp3) is 0.130. The van der Waals surface area contributed by atoms with Crippen LogP contribution in [-0.4, -0.2) is 69.1 Å². The molecule has 8 rings (SSSR count). The lowest BCUT2D eigenvalue weighted by Gasteiger charge is -2.23. The number of methoxy groups -OCH3 is 4. The highest BCUT2D eigenvalue weighted by atomic mass is 32.2. The van der Waals surface area contributed by atoms with Crippen LogP contribution in [0.15, 0.2) is 120 Å². The molecule has 0 bridgehead atoms. The number of hydrogen-bond acceptors (Lipinski definition) is 16. The molecule has 2 heterocycles. The number of rotatable bonds is 16. The number of aromatic nitrogens is 4. The van der Waals surface area contributed by atoms with E-state index in [0.29, 0.717) is 58.7 Å². The van der Waals surface area contributed by atoms with Gasteiger partial charge in [-0.2, -0.15) is 8.75 Å². The van der Waals surface area contributed by atoms with Crippen LogP contribution < -0.4 is 32.3 Å². The van der Waals surface area contributed by atoms with Gasteiger partial charge in [0, 0.05) is 107 Å². The molecule has 0 saturated carbocycles. The van der Waals surface area contributed by atoms with Crippen LogP contribution in [0.25, 0.3) is 0 Å². The maximum absolute atomic E-state index is 15.1. The minimum absolute atomic E-state index is 0.0907. The van der Waals surface area contributed by atoms with Gasteiger partial charge in [0.25, 0.3) is 20.0 Å². The lowest BCUT2D eigenvalue weighted by atomic mass is 10.2. The van der Waals surface area contributed by atoms with Crippen molar-refractivity contribution in [3.63, 3.8) is 0 Å². The zero-order chi connectivity index (χ0) is 54.8. The summed E-state index contributed by atoms with van der Waals surface area (Å²) in [7, 11) is -3.75. The Morgan fingerprint density at radius 1 is 0.467 bits per heavy atom. The molecule has 0 aliphatic heterocycles. The highest BCUT2D eigenvalue weighted by Crippen LogP contribution is 2.36. The summed E-state index contributed by atoms with van der Waals surface area (Å²) in [5.74, 6) is -10.7. The lowest BCUT2D eigenvalue weighted by Crippen LogP contribution is -2.31. The van der Waals surface area contributed by atoms with Crippen LogP contribution >= 0.6 is 23.1 Å². The Balaban J connectivity index is 0.000000213. The Morgan fingerprint density at radius 3 is 1.28 bits per heavy atom. The van der Waals surface area contributed by atoms with E-state index in [2.05, 4.69) is 18.7 Å². The van der Waals surface area contributed by atoms with Gasteiger partial charge < -0.3 is 28.8 Å². The quantitative estimate of drug-likeness (QED) is 0.0709. The molecule has 0 spiro atoms. The number of anilines is 2. The zero-order valence-corrected chi connectivity index (χ0v) is 41.9. The van der Waals surface area contributed by atoms with E-state index in [1.807, 2.05) is 0 Å². The molecule has 8 aromatic rings. The van der Waals surface area contributed by atoms with Crippen molar-refractivity contribution >= 4 is 53.4 Å². The molecule has 29 heteroatoms.